The van der Waals surface area contributed by atoms with Gasteiger partial charge in [-0.1, -0.05) is 24.6 Å². The lowest BCUT2D eigenvalue weighted by molar-refractivity contribution is 0.0987. The average molecular weight is 303 g/mol. The number of nitrogens with two attached hydrogens (primary N) is 1. The zero-order valence-corrected chi connectivity index (χ0v) is 13.0. The molecular formula is C17H19ClN2O. The summed E-state index contributed by atoms with van der Waals surface area (Å²) in [6, 6.07) is 12.8. The van der Waals surface area contributed by atoms with Crippen molar-refractivity contribution in [3.05, 3.63) is 58.6 Å². The van der Waals surface area contributed by atoms with Gasteiger partial charge in [0.2, 0.25) is 0 Å². The molecular weight excluding hydrogens is 284 g/mol. The number of benzene rings is 2. The Bertz CT molecular complexity index is 638. The first-order chi connectivity index (χ1) is 10.0. The molecule has 3 nitrogen and oxygen atoms in total. The van der Waals surface area contributed by atoms with E-state index in [1.54, 1.807) is 23.1 Å². The van der Waals surface area contributed by atoms with Gasteiger partial charge < -0.3 is 10.6 Å². The van der Waals surface area contributed by atoms with Crippen LogP contribution in [0, 0.1) is 6.92 Å². The van der Waals surface area contributed by atoms with Crippen molar-refractivity contribution in [1.29, 1.82) is 0 Å². The van der Waals surface area contributed by atoms with Crippen molar-refractivity contribution in [1.82, 2.24) is 0 Å². The monoisotopic (exact) mass is 302 g/mol. The van der Waals surface area contributed by atoms with Crippen LogP contribution in [0.25, 0.3) is 0 Å². The Morgan fingerprint density at radius 3 is 2.43 bits per heavy atom. The molecule has 0 unspecified atom stereocenters. The SMILES string of the molecule is CCCN(C(=O)c1ccc(C)cc1Cl)c1ccc(N)cc1. The molecule has 2 aromatic carbocycles. The van der Waals surface area contributed by atoms with Crippen molar-refractivity contribution >= 4 is 28.9 Å². The Balaban J connectivity index is 2.37. The molecule has 110 valence electrons. The Morgan fingerprint density at radius 2 is 1.86 bits per heavy atom. The second-order valence-electron chi connectivity index (χ2n) is 5.03. The van der Waals surface area contributed by atoms with E-state index in [1.807, 2.05) is 38.1 Å². The molecule has 21 heavy (non-hydrogen) atoms. The Hall–Kier alpha value is -2.00. The maximum absolute atomic E-state index is 12.8. The Kier molecular flexibility index (Phi) is 4.86. The molecule has 0 fully saturated rings. The van der Waals surface area contributed by atoms with Crippen LogP contribution < -0.4 is 10.6 Å². The number of nitrogen functional groups attached to an aromatic ring is 1. The van der Waals surface area contributed by atoms with Crippen molar-refractivity contribution in [2.24, 2.45) is 0 Å². The number of hydrogen-bond donors (Lipinski definition) is 1. The molecule has 0 saturated heterocycles. The zero-order chi connectivity index (χ0) is 15.4. The topological polar surface area (TPSA) is 46.3 Å². The number of amides is 1. The van der Waals surface area contributed by atoms with Gasteiger partial charge in [0.05, 0.1) is 10.6 Å². The van der Waals surface area contributed by atoms with Gasteiger partial charge >= 0.3 is 0 Å². The fraction of sp³-hybridized carbons (Fsp3) is 0.235. The molecule has 0 heterocycles. The summed E-state index contributed by atoms with van der Waals surface area (Å²) in [7, 11) is 0. The molecule has 0 bridgehead atoms. The number of nitrogens with zero attached hydrogens (tertiary/aromatic N) is 1. The molecule has 4 heteroatoms. The fourth-order valence-corrected chi connectivity index (χ4v) is 2.48. The third-order valence-corrected chi connectivity index (χ3v) is 3.56. The number of carbonyl (C=O) groups excluding carboxylic acids is 1. The number of halogens is 1. The number of hydrogen-bond acceptors (Lipinski definition) is 2. The summed E-state index contributed by atoms with van der Waals surface area (Å²) < 4.78 is 0. The van der Waals surface area contributed by atoms with E-state index < -0.39 is 0 Å². The second-order valence-corrected chi connectivity index (χ2v) is 5.44. The van der Waals surface area contributed by atoms with Gasteiger partial charge in [-0.05, 0) is 55.3 Å². The first-order valence-electron chi connectivity index (χ1n) is 6.96. The quantitative estimate of drug-likeness (QED) is 0.857. The summed E-state index contributed by atoms with van der Waals surface area (Å²) in [6.07, 6.45) is 0.861. The van der Waals surface area contributed by atoms with Crippen LogP contribution in [0.1, 0.15) is 29.3 Å². The molecule has 0 atom stereocenters. The summed E-state index contributed by atoms with van der Waals surface area (Å²) in [5.74, 6) is -0.0911. The molecule has 0 aromatic heterocycles. The predicted octanol–water partition coefficient (Wildman–Crippen LogP) is 4.29. The first-order valence-corrected chi connectivity index (χ1v) is 7.34. The van der Waals surface area contributed by atoms with Crippen molar-refractivity contribution in [2.45, 2.75) is 20.3 Å². The number of aryl methyl sites for hydroxylation is 1. The third kappa shape index (κ3) is 3.56. The van der Waals surface area contributed by atoms with Crippen LogP contribution in [0.3, 0.4) is 0 Å². The highest BCUT2D eigenvalue weighted by molar-refractivity contribution is 6.34. The van der Waals surface area contributed by atoms with Gasteiger partial charge in [-0.25, -0.2) is 0 Å². The van der Waals surface area contributed by atoms with E-state index in [4.69, 9.17) is 17.3 Å². The lowest BCUT2D eigenvalue weighted by Crippen LogP contribution is -2.31. The van der Waals surface area contributed by atoms with E-state index in [0.717, 1.165) is 17.7 Å². The van der Waals surface area contributed by atoms with E-state index >= 15 is 0 Å². The average Bonchev–Trinajstić information content (AvgIpc) is 2.45. The Morgan fingerprint density at radius 1 is 1.19 bits per heavy atom. The molecule has 0 spiro atoms. The molecule has 0 aliphatic carbocycles. The van der Waals surface area contributed by atoms with E-state index in [1.165, 1.54) is 0 Å². The standard InChI is InChI=1S/C17H19ClN2O/c1-3-10-20(14-7-5-13(19)6-8-14)17(21)15-9-4-12(2)11-16(15)18/h4-9,11H,3,10,19H2,1-2H3. The molecule has 2 aromatic rings. The van der Waals surface area contributed by atoms with Crippen molar-refractivity contribution in [3.8, 4) is 0 Å². The molecule has 1 amide bonds. The molecule has 2 rings (SSSR count). The van der Waals surface area contributed by atoms with Crippen LogP contribution in [0.5, 0.6) is 0 Å². The normalized spacial score (nSPS) is 10.4. The third-order valence-electron chi connectivity index (χ3n) is 3.25. The summed E-state index contributed by atoms with van der Waals surface area (Å²) in [6.45, 7) is 4.62. The summed E-state index contributed by atoms with van der Waals surface area (Å²) in [4.78, 5) is 14.5. The lowest BCUT2D eigenvalue weighted by Gasteiger charge is -2.23. The van der Waals surface area contributed by atoms with Gasteiger partial charge in [0, 0.05) is 17.9 Å². The number of carbonyl (C=O) groups is 1. The van der Waals surface area contributed by atoms with Gasteiger partial charge in [-0.3, -0.25) is 4.79 Å². The zero-order valence-electron chi connectivity index (χ0n) is 12.3. The van der Waals surface area contributed by atoms with Crippen LogP contribution in [-0.4, -0.2) is 12.5 Å². The van der Waals surface area contributed by atoms with Crippen LogP contribution >= 0.6 is 11.6 Å². The molecule has 2 N–H and O–H groups in total. The summed E-state index contributed by atoms with van der Waals surface area (Å²) in [5.41, 5.74) is 8.76. The van der Waals surface area contributed by atoms with E-state index in [0.29, 0.717) is 22.8 Å². The fourth-order valence-electron chi connectivity index (χ4n) is 2.16. The van der Waals surface area contributed by atoms with Gasteiger partial charge in [0.25, 0.3) is 5.91 Å². The largest absolute Gasteiger partial charge is 0.399 e. The van der Waals surface area contributed by atoms with Crippen LogP contribution in [0.4, 0.5) is 11.4 Å². The second kappa shape index (κ2) is 6.64. The summed E-state index contributed by atoms with van der Waals surface area (Å²) in [5, 5.41) is 0.483. The van der Waals surface area contributed by atoms with Crippen LogP contribution in [-0.2, 0) is 0 Å². The predicted molar refractivity (Wildman–Crippen MR) is 89.0 cm³/mol. The Labute approximate surface area is 130 Å². The van der Waals surface area contributed by atoms with E-state index in [-0.39, 0.29) is 5.91 Å². The van der Waals surface area contributed by atoms with Crippen LogP contribution in [0.15, 0.2) is 42.5 Å². The van der Waals surface area contributed by atoms with Gasteiger partial charge in [-0.15, -0.1) is 0 Å². The first kappa shape index (κ1) is 15.4. The summed E-state index contributed by atoms with van der Waals surface area (Å²) >= 11 is 6.21. The molecule has 0 radical (unpaired) electrons. The molecule has 0 aliphatic rings. The van der Waals surface area contributed by atoms with E-state index in [9.17, 15) is 4.79 Å². The highest BCUT2D eigenvalue weighted by Gasteiger charge is 2.19. The van der Waals surface area contributed by atoms with Gasteiger partial charge in [-0.2, -0.15) is 0 Å². The lowest BCUT2D eigenvalue weighted by atomic mass is 10.1. The minimum atomic E-state index is -0.0911. The number of rotatable bonds is 4. The van der Waals surface area contributed by atoms with Crippen molar-refractivity contribution in [2.75, 3.05) is 17.2 Å². The van der Waals surface area contributed by atoms with Crippen LogP contribution in [0.2, 0.25) is 5.02 Å². The molecule has 0 aliphatic heterocycles. The molecule has 0 saturated carbocycles. The minimum Gasteiger partial charge on any atom is -0.399 e. The van der Waals surface area contributed by atoms with Crippen molar-refractivity contribution < 1.29 is 4.79 Å². The van der Waals surface area contributed by atoms with Gasteiger partial charge in [0.1, 0.15) is 0 Å². The maximum atomic E-state index is 12.8. The highest BCUT2D eigenvalue weighted by Crippen LogP contribution is 2.24. The van der Waals surface area contributed by atoms with E-state index in [2.05, 4.69) is 0 Å². The minimum absolute atomic E-state index is 0.0911. The highest BCUT2D eigenvalue weighted by atomic mass is 35.5. The van der Waals surface area contributed by atoms with Crippen molar-refractivity contribution in [3.63, 3.8) is 0 Å². The maximum Gasteiger partial charge on any atom is 0.259 e. The number of anilines is 2. The smallest absolute Gasteiger partial charge is 0.259 e. The van der Waals surface area contributed by atoms with Gasteiger partial charge in [0.15, 0.2) is 0 Å².